The van der Waals surface area contributed by atoms with E-state index in [0.717, 1.165) is 36.9 Å². The van der Waals surface area contributed by atoms with E-state index in [4.69, 9.17) is 14.7 Å². The molecule has 0 aromatic carbocycles. The summed E-state index contributed by atoms with van der Waals surface area (Å²) < 4.78 is 7.43. The van der Waals surface area contributed by atoms with Gasteiger partial charge in [0, 0.05) is 56.1 Å². The highest BCUT2D eigenvalue weighted by Gasteiger charge is 2.46. The van der Waals surface area contributed by atoms with Crippen molar-refractivity contribution < 1.29 is 14.6 Å². The van der Waals surface area contributed by atoms with Gasteiger partial charge in [-0.25, -0.2) is 9.78 Å². The molecule has 2 bridgehead atoms. The lowest BCUT2D eigenvalue weighted by Crippen LogP contribution is -2.53. The van der Waals surface area contributed by atoms with Crippen molar-refractivity contribution in [2.75, 3.05) is 17.3 Å². The van der Waals surface area contributed by atoms with Gasteiger partial charge in [0.1, 0.15) is 11.4 Å². The minimum Gasteiger partial charge on any atom is -0.444 e. The van der Waals surface area contributed by atoms with E-state index in [9.17, 15) is 9.90 Å². The molecule has 0 aliphatic carbocycles. The highest BCUT2D eigenvalue weighted by Crippen LogP contribution is 2.39. The highest BCUT2D eigenvalue weighted by atomic mass is 16.6. The van der Waals surface area contributed by atoms with Gasteiger partial charge in [-0.3, -0.25) is 9.78 Å². The summed E-state index contributed by atoms with van der Waals surface area (Å²) in [7, 11) is 3.88. The van der Waals surface area contributed by atoms with Crippen LogP contribution in [0, 0.1) is 0 Å². The topological polar surface area (TPSA) is 137 Å². The Kier molecular flexibility index (Phi) is 6.52. The molecule has 5 rings (SSSR count). The van der Waals surface area contributed by atoms with Crippen LogP contribution in [0.2, 0.25) is 0 Å². The number of nitrogens with zero attached hydrogens (tertiary/aromatic N) is 7. The van der Waals surface area contributed by atoms with Crippen molar-refractivity contribution in [1.29, 1.82) is 0 Å². The molecule has 0 saturated carbocycles. The fourth-order valence-corrected chi connectivity index (χ4v) is 5.24. The van der Waals surface area contributed by atoms with Gasteiger partial charge in [0.25, 0.3) is 0 Å². The van der Waals surface area contributed by atoms with Crippen molar-refractivity contribution in [2.45, 2.75) is 76.8 Å². The van der Waals surface area contributed by atoms with Crippen LogP contribution in [-0.4, -0.2) is 76.8 Å². The number of anilines is 3. The SMILES string of the molecule is CN(c1nc(Nc2cc(CO)[nH]n2)cc(-c2cnn(C)c2)n1)C1C[C@H]2CC[C@@H](C1)N2C(=O)OC(C)(C)C. The lowest BCUT2D eigenvalue weighted by atomic mass is 9.97. The van der Waals surface area contributed by atoms with Crippen LogP contribution in [0.3, 0.4) is 0 Å². The molecule has 2 fully saturated rings. The standard InChI is InChI=1S/C25H35N9O3/c1-25(2,3)37-24(36)34-17-6-7-18(34)10-19(9-17)33(5)23-27-20(15-12-26-32(4)13-15)11-21(29-23)28-22-8-16(14-35)30-31-22/h8,11-13,17-19,35H,6-7,9-10,14H2,1-5H3,(H2,27,28,29,30,31)/t17-,18+,19?. The summed E-state index contributed by atoms with van der Waals surface area (Å²) >= 11 is 0. The second-order valence-corrected chi connectivity index (χ2v) is 10.9. The minimum absolute atomic E-state index is 0.127. The van der Waals surface area contributed by atoms with Crippen LogP contribution in [0.25, 0.3) is 11.3 Å². The van der Waals surface area contributed by atoms with E-state index in [2.05, 4.69) is 25.5 Å². The quantitative estimate of drug-likeness (QED) is 0.457. The molecule has 37 heavy (non-hydrogen) atoms. The largest absolute Gasteiger partial charge is 0.444 e. The fourth-order valence-electron chi connectivity index (χ4n) is 5.24. The van der Waals surface area contributed by atoms with Crippen LogP contribution in [0.1, 0.15) is 52.1 Å². The summed E-state index contributed by atoms with van der Waals surface area (Å²) in [6, 6.07) is 4.05. The lowest BCUT2D eigenvalue weighted by Gasteiger charge is -2.42. The maximum absolute atomic E-state index is 12.9. The number of aliphatic hydroxyl groups is 1. The summed E-state index contributed by atoms with van der Waals surface area (Å²) in [5.41, 5.74) is 1.70. The Morgan fingerprint density at radius 1 is 1.22 bits per heavy atom. The number of piperidine rings is 1. The molecule has 0 spiro atoms. The Bertz CT molecular complexity index is 1250. The van der Waals surface area contributed by atoms with Gasteiger partial charge >= 0.3 is 6.09 Å². The molecule has 2 saturated heterocycles. The summed E-state index contributed by atoms with van der Waals surface area (Å²) in [5, 5.41) is 23.8. The number of H-pyrrole nitrogens is 1. The van der Waals surface area contributed by atoms with E-state index >= 15 is 0 Å². The number of amides is 1. The molecule has 3 atom stereocenters. The molecule has 12 heteroatoms. The molecule has 0 radical (unpaired) electrons. The van der Waals surface area contributed by atoms with Crippen molar-refractivity contribution in [2.24, 2.45) is 7.05 Å². The Morgan fingerprint density at radius 3 is 2.54 bits per heavy atom. The summed E-state index contributed by atoms with van der Waals surface area (Å²) in [5.74, 6) is 1.72. The van der Waals surface area contributed by atoms with Gasteiger partial charge in [0.05, 0.1) is 24.2 Å². The molecule has 12 nitrogen and oxygen atoms in total. The monoisotopic (exact) mass is 509 g/mol. The number of aliphatic hydroxyl groups excluding tert-OH is 1. The van der Waals surface area contributed by atoms with Gasteiger partial charge in [-0.1, -0.05) is 0 Å². The van der Waals surface area contributed by atoms with Crippen LogP contribution >= 0.6 is 0 Å². The molecule has 1 amide bonds. The Hall–Kier alpha value is -3.67. The molecule has 3 N–H and O–H groups in total. The van der Waals surface area contributed by atoms with Gasteiger partial charge in [-0.15, -0.1) is 0 Å². The molecular formula is C25H35N9O3. The number of carbonyl (C=O) groups is 1. The number of ether oxygens (including phenoxy) is 1. The zero-order chi connectivity index (χ0) is 26.3. The smallest absolute Gasteiger partial charge is 0.410 e. The van der Waals surface area contributed by atoms with Crippen molar-refractivity contribution >= 4 is 23.7 Å². The van der Waals surface area contributed by atoms with E-state index in [1.807, 2.05) is 52.0 Å². The minimum atomic E-state index is -0.513. The molecule has 198 valence electrons. The maximum Gasteiger partial charge on any atom is 0.410 e. The molecule has 5 heterocycles. The third-order valence-electron chi connectivity index (χ3n) is 6.95. The van der Waals surface area contributed by atoms with Gasteiger partial charge in [0.15, 0.2) is 5.82 Å². The van der Waals surface area contributed by atoms with E-state index < -0.39 is 5.60 Å². The number of aryl methyl sites for hydroxylation is 1. The molecular weight excluding hydrogens is 474 g/mol. The normalized spacial score (nSPS) is 21.2. The van der Waals surface area contributed by atoms with E-state index in [1.54, 1.807) is 16.9 Å². The van der Waals surface area contributed by atoms with Crippen LogP contribution in [0.5, 0.6) is 0 Å². The molecule has 3 aromatic heterocycles. The maximum atomic E-state index is 12.9. The zero-order valence-corrected chi connectivity index (χ0v) is 22.0. The Labute approximate surface area is 216 Å². The summed E-state index contributed by atoms with van der Waals surface area (Å²) in [6.45, 7) is 5.58. The van der Waals surface area contributed by atoms with E-state index in [0.29, 0.717) is 23.3 Å². The predicted molar refractivity (Wildman–Crippen MR) is 138 cm³/mol. The van der Waals surface area contributed by atoms with E-state index in [1.165, 1.54) is 0 Å². The first kappa shape index (κ1) is 25.0. The van der Waals surface area contributed by atoms with Gasteiger partial charge < -0.3 is 25.0 Å². The van der Waals surface area contributed by atoms with Crippen LogP contribution < -0.4 is 10.2 Å². The van der Waals surface area contributed by atoms with Gasteiger partial charge in [-0.05, 0) is 46.5 Å². The number of aromatic nitrogens is 6. The van der Waals surface area contributed by atoms with Crippen molar-refractivity contribution in [3.8, 4) is 11.3 Å². The fraction of sp³-hybridized carbons (Fsp3) is 0.560. The molecule has 3 aromatic rings. The van der Waals surface area contributed by atoms with Crippen molar-refractivity contribution in [3.63, 3.8) is 0 Å². The number of fused-ring (bicyclic) bond motifs is 2. The molecule has 2 aliphatic rings. The third-order valence-corrected chi connectivity index (χ3v) is 6.95. The number of carbonyl (C=O) groups excluding carboxylic acids is 1. The van der Waals surface area contributed by atoms with Crippen LogP contribution in [-0.2, 0) is 18.4 Å². The van der Waals surface area contributed by atoms with E-state index in [-0.39, 0.29) is 30.8 Å². The number of nitrogens with one attached hydrogen (secondary N) is 2. The van der Waals surface area contributed by atoms with Crippen LogP contribution in [0.4, 0.5) is 22.4 Å². The van der Waals surface area contributed by atoms with Gasteiger partial charge in [0.2, 0.25) is 5.95 Å². The summed E-state index contributed by atoms with van der Waals surface area (Å²) in [6.07, 6.45) is 7.07. The first-order valence-corrected chi connectivity index (χ1v) is 12.6. The Morgan fingerprint density at radius 2 is 1.95 bits per heavy atom. The van der Waals surface area contributed by atoms with Crippen molar-refractivity contribution in [3.05, 3.63) is 30.2 Å². The predicted octanol–water partition coefficient (Wildman–Crippen LogP) is 3.20. The molecule has 2 aliphatic heterocycles. The number of hydrogen-bond donors (Lipinski definition) is 3. The first-order chi connectivity index (χ1) is 17.6. The lowest BCUT2D eigenvalue weighted by molar-refractivity contribution is 0.00595. The first-order valence-electron chi connectivity index (χ1n) is 12.6. The number of rotatable bonds is 6. The number of aromatic amines is 1. The average Bonchev–Trinajstić information content (AvgIpc) is 3.55. The van der Waals surface area contributed by atoms with Crippen LogP contribution in [0.15, 0.2) is 24.5 Å². The second-order valence-electron chi connectivity index (χ2n) is 10.9. The highest BCUT2D eigenvalue weighted by molar-refractivity contribution is 5.70. The Balaban J connectivity index is 1.39. The average molecular weight is 510 g/mol. The third kappa shape index (κ3) is 5.38. The zero-order valence-electron chi connectivity index (χ0n) is 22.0. The number of hydrogen-bond acceptors (Lipinski definition) is 9. The van der Waals surface area contributed by atoms with Crippen molar-refractivity contribution in [1.82, 2.24) is 34.8 Å². The second kappa shape index (κ2) is 9.66. The molecule has 1 unspecified atom stereocenters. The van der Waals surface area contributed by atoms with Gasteiger partial charge in [-0.2, -0.15) is 15.2 Å². The summed E-state index contributed by atoms with van der Waals surface area (Å²) in [4.78, 5) is 26.6.